The van der Waals surface area contributed by atoms with Crippen LogP contribution in [0.25, 0.3) is 10.9 Å². The van der Waals surface area contributed by atoms with Crippen LogP contribution in [0.5, 0.6) is 0 Å². The summed E-state index contributed by atoms with van der Waals surface area (Å²) >= 11 is 1.65. The molecule has 0 saturated carbocycles. The van der Waals surface area contributed by atoms with Gasteiger partial charge < -0.3 is 11.1 Å². The second-order valence-corrected chi connectivity index (χ2v) is 5.62. The van der Waals surface area contributed by atoms with Crippen molar-refractivity contribution in [2.45, 2.75) is 19.5 Å². The Morgan fingerprint density at radius 2 is 2.20 bits per heavy atom. The smallest absolute Gasteiger partial charge is 0.109 e. The maximum atomic E-state index is 6.08. The molecule has 0 fully saturated rings. The highest BCUT2D eigenvalue weighted by Crippen LogP contribution is 2.21. The van der Waals surface area contributed by atoms with Crippen LogP contribution in [0.1, 0.15) is 23.7 Å². The molecule has 102 valence electrons. The van der Waals surface area contributed by atoms with Gasteiger partial charge in [-0.25, -0.2) is 4.98 Å². The van der Waals surface area contributed by atoms with Gasteiger partial charge in [-0.1, -0.05) is 18.2 Å². The minimum Gasteiger partial charge on any atom is -0.398 e. The number of fused-ring (bicyclic) bond motifs is 1. The molecule has 4 nitrogen and oxygen atoms in total. The minimum atomic E-state index is 0.212. The van der Waals surface area contributed by atoms with E-state index in [4.69, 9.17) is 5.73 Å². The molecule has 1 atom stereocenters. The molecule has 3 rings (SSSR count). The topological polar surface area (TPSA) is 63.8 Å². The number of hydrogen-bond donors (Lipinski definition) is 2. The van der Waals surface area contributed by atoms with E-state index >= 15 is 0 Å². The van der Waals surface area contributed by atoms with Crippen LogP contribution in [0.4, 0.5) is 5.69 Å². The summed E-state index contributed by atoms with van der Waals surface area (Å²) in [6.45, 7) is 2.78. The molecule has 2 aromatic heterocycles. The molecule has 1 unspecified atom stereocenters. The van der Waals surface area contributed by atoms with Gasteiger partial charge in [0.2, 0.25) is 0 Å². The summed E-state index contributed by atoms with van der Waals surface area (Å²) in [6, 6.07) is 10.1. The van der Waals surface area contributed by atoms with Crippen molar-refractivity contribution in [2.24, 2.45) is 0 Å². The molecular weight excluding hydrogens is 268 g/mol. The highest BCUT2D eigenvalue weighted by atomic mass is 32.1. The fourth-order valence-electron chi connectivity index (χ4n) is 2.14. The van der Waals surface area contributed by atoms with E-state index in [9.17, 15) is 0 Å². The molecule has 3 N–H and O–H groups in total. The molecule has 0 aliphatic heterocycles. The highest BCUT2D eigenvalue weighted by molar-refractivity contribution is 7.09. The minimum absolute atomic E-state index is 0.212. The van der Waals surface area contributed by atoms with Gasteiger partial charge in [-0.15, -0.1) is 11.3 Å². The van der Waals surface area contributed by atoms with Gasteiger partial charge >= 0.3 is 0 Å². The molecule has 20 heavy (non-hydrogen) atoms. The number of hydrogen-bond acceptors (Lipinski definition) is 5. The summed E-state index contributed by atoms with van der Waals surface area (Å²) in [5.41, 5.74) is 8.74. The lowest BCUT2D eigenvalue weighted by Crippen LogP contribution is -2.18. The average Bonchev–Trinajstić information content (AvgIpc) is 2.99. The van der Waals surface area contributed by atoms with Crippen molar-refractivity contribution in [1.82, 2.24) is 15.3 Å². The van der Waals surface area contributed by atoms with Gasteiger partial charge in [-0.3, -0.25) is 4.98 Å². The van der Waals surface area contributed by atoms with E-state index in [0.717, 1.165) is 27.3 Å². The fraction of sp³-hybridized carbons (Fsp3) is 0.200. The molecule has 2 heterocycles. The first-order valence-corrected chi connectivity index (χ1v) is 7.39. The van der Waals surface area contributed by atoms with Crippen LogP contribution in [-0.4, -0.2) is 9.97 Å². The van der Waals surface area contributed by atoms with Crippen LogP contribution >= 0.6 is 11.3 Å². The van der Waals surface area contributed by atoms with Crippen LogP contribution in [0.3, 0.4) is 0 Å². The molecule has 0 aliphatic rings. The summed E-state index contributed by atoms with van der Waals surface area (Å²) in [5, 5.41) is 7.50. The fourth-order valence-corrected chi connectivity index (χ4v) is 2.81. The normalized spacial score (nSPS) is 12.7. The Balaban J connectivity index is 1.78. The summed E-state index contributed by atoms with van der Waals surface area (Å²) in [7, 11) is 0. The first kappa shape index (κ1) is 13.0. The number of rotatable bonds is 4. The maximum Gasteiger partial charge on any atom is 0.109 e. The van der Waals surface area contributed by atoms with Crippen LogP contribution in [0, 0.1) is 0 Å². The number of nitrogens with two attached hydrogens (primary N) is 1. The van der Waals surface area contributed by atoms with E-state index < -0.39 is 0 Å². The number of benzene rings is 1. The first-order valence-electron chi connectivity index (χ1n) is 6.51. The van der Waals surface area contributed by atoms with Crippen molar-refractivity contribution in [3.8, 4) is 0 Å². The molecule has 5 heteroatoms. The number of para-hydroxylation sites is 1. The molecule has 0 radical (unpaired) electrons. The van der Waals surface area contributed by atoms with E-state index in [1.807, 2.05) is 41.9 Å². The molecule has 0 amide bonds. The summed E-state index contributed by atoms with van der Waals surface area (Å²) < 4.78 is 0. The Labute approximate surface area is 121 Å². The number of nitrogens with zero attached hydrogens (tertiary/aromatic N) is 2. The number of anilines is 1. The zero-order valence-electron chi connectivity index (χ0n) is 11.2. The van der Waals surface area contributed by atoms with Gasteiger partial charge in [0.1, 0.15) is 5.01 Å². The van der Waals surface area contributed by atoms with Crippen LogP contribution in [0.2, 0.25) is 0 Å². The molecule has 0 bridgehead atoms. The van der Waals surface area contributed by atoms with Gasteiger partial charge in [-0.2, -0.15) is 0 Å². The Bertz CT molecular complexity index is 709. The zero-order valence-corrected chi connectivity index (χ0v) is 12.0. The van der Waals surface area contributed by atoms with Gasteiger partial charge in [0.05, 0.1) is 17.3 Å². The van der Waals surface area contributed by atoms with Gasteiger partial charge in [0, 0.05) is 29.2 Å². The third-order valence-corrected chi connectivity index (χ3v) is 4.17. The highest BCUT2D eigenvalue weighted by Gasteiger charge is 2.08. The second kappa shape index (κ2) is 5.56. The van der Waals surface area contributed by atoms with E-state index in [0.29, 0.717) is 6.54 Å². The van der Waals surface area contributed by atoms with Crippen molar-refractivity contribution in [3.05, 3.63) is 52.6 Å². The zero-order chi connectivity index (χ0) is 13.9. The molecule has 0 spiro atoms. The van der Waals surface area contributed by atoms with E-state index in [2.05, 4.69) is 22.2 Å². The SMILES string of the molecule is CC(NCc1cc(N)c2ccccc2n1)c1nccs1. The molecular formula is C15H16N4S. The number of aromatic nitrogens is 2. The quantitative estimate of drug-likeness (QED) is 0.772. The van der Waals surface area contributed by atoms with E-state index in [-0.39, 0.29) is 6.04 Å². The predicted octanol–water partition coefficient (Wildman–Crippen LogP) is 3.12. The number of nitrogens with one attached hydrogen (secondary N) is 1. The Morgan fingerprint density at radius 1 is 1.35 bits per heavy atom. The average molecular weight is 284 g/mol. The van der Waals surface area contributed by atoms with Gasteiger partial charge in [0.15, 0.2) is 0 Å². The van der Waals surface area contributed by atoms with Crippen molar-refractivity contribution >= 4 is 27.9 Å². The maximum absolute atomic E-state index is 6.08. The second-order valence-electron chi connectivity index (χ2n) is 4.69. The summed E-state index contributed by atoms with van der Waals surface area (Å²) in [4.78, 5) is 8.94. The van der Waals surface area contributed by atoms with Gasteiger partial charge in [-0.05, 0) is 19.1 Å². The van der Waals surface area contributed by atoms with Crippen LogP contribution < -0.4 is 11.1 Å². The summed E-state index contributed by atoms with van der Waals surface area (Å²) in [6.07, 6.45) is 1.82. The van der Waals surface area contributed by atoms with Crippen LogP contribution in [0.15, 0.2) is 41.9 Å². The van der Waals surface area contributed by atoms with E-state index in [1.54, 1.807) is 11.3 Å². The molecule has 3 aromatic rings. The third kappa shape index (κ3) is 2.64. The number of thiazole rings is 1. The van der Waals surface area contributed by atoms with Gasteiger partial charge in [0.25, 0.3) is 0 Å². The van der Waals surface area contributed by atoms with Crippen molar-refractivity contribution in [1.29, 1.82) is 0 Å². The standard InChI is InChI=1S/C15H16N4S/c1-10(15-17-6-7-20-15)18-9-11-8-13(16)12-4-2-3-5-14(12)19-11/h2-8,10,18H,9H2,1H3,(H2,16,19). The lowest BCUT2D eigenvalue weighted by atomic mass is 10.1. The molecule has 0 saturated heterocycles. The molecule has 0 aliphatic carbocycles. The van der Waals surface area contributed by atoms with Crippen LogP contribution in [-0.2, 0) is 6.54 Å². The number of nitrogen functional groups attached to an aromatic ring is 1. The van der Waals surface area contributed by atoms with Crippen molar-refractivity contribution < 1.29 is 0 Å². The third-order valence-electron chi connectivity index (χ3n) is 3.21. The Morgan fingerprint density at radius 3 is 3.00 bits per heavy atom. The molecule has 1 aromatic carbocycles. The predicted molar refractivity (Wildman–Crippen MR) is 83.5 cm³/mol. The Hall–Kier alpha value is -1.98. The lowest BCUT2D eigenvalue weighted by Gasteiger charge is -2.12. The van der Waals surface area contributed by atoms with Crippen molar-refractivity contribution in [2.75, 3.05) is 5.73 Å². The number of pyridine rings is 1. The Kier molecular flexibility index (Phi) is 3.62. The monoisotopic (exact) mass is 284 g/mol. The van der Waals surface area contributed by atoms with E-state index in [1.165, 1.54) is 0 Å². The van der Waals surface area contributed by atoms with Crippen molar-refractivity contribution in [3.63, 3.8) is 0 Å². The lowest BCUT2D eigenvalue weighted by molar-refractivity contribution is 0.566. The first-order chi connectivity index (χ1) is 9.74. The largest absolute Gasteiger partial charge is 0.398 e. The summed E-state index contributed by atoms with van der Waals surface area (Å²) in [5.74, 6) is 0.